The number of fused-ring (bicyclic) bond motifs is 1. The Morgan fingerprint density at radius 2 is 2.64 bits per heavy atom. The smallest absolute Gasteiger partial charge is 0.294 e. The number of carbonyl (C=O) groups excluding carboxylic acids is 1. The van der Waals surface area contributed by atoms with Crippen LogP contribution in [0, 0.1) is 0 Å². The third-order valence-corrected chi connectivity index (χ3v) is 2.38. The van der Waals surface area contributed by atoms with Gasteiger partial charge in [-0.15, -0.1) is 0 Å². The van der Waals surface area contributed by atoms with Gasteiger partial charge in [0.2, 0.25) is 0 Å². The summed E-state index contributed by atoms with van der Waals surface area (Å²) in [7, 11) is 0. The van der Waals surface area contributed by atoms with Gasteiger partial charge >= 0.3 is 0 Å². The molecule has 11 heavy (non-hydrogen) atoms. The number of hydrogen-bond donors (Lipinski definition) is 1. The molecule has 4 nitrogen and oxygen atoms in total. The van der Waals surface area contributed by atoms with E-state index >= 15 is 0 Å². The van der Waals surface area contributed by atoms with Crippen molar-refractivity contribution in [2.45, 2.75) is 24.7 Å². The van der Waals surface area contributed by atoms with E-state index in [0.717, 1.165) is 26.0 Å². The Morgan fingerprint density at radius 3 is 3.18 bits per heavy atom. The minimum atomic E-state index is -0.472. The largest absolute Gasteiger partial charge is 0.443 e. The molecule has 2 unspecified atom stereocenters. The molecule has 0 aliphatic carbocycles. The van der Waals surface area contributed by atoms with Crippen molar-refractivity contribution in [1.82, 2.24) is 5.32 Å². The van der Waals surface area contributed by atoms with Crippen molar-refractivity contribution in [3.63, 3.8) is 0 Å². The monoisotopic (exact) mass is 157 g/mol. The van der Waals surface area contributed by atoms with Gasteiger partial charge in [0.15, 0.2) is 5.72 Å². The van der Waals surface area contributed by atoms with Crippen LogP contribution in [0.15, 0.2) is 0 Å². The highest BCUT2D eigenvalue weighted by atomic mass is 16.6. The van der Waals surface area contributed by atoms with Gasteiger partial charge in [-0.2, -0.15) is 0 Å². The topological polar surface area (TPSA) is 47.6 Å². The molecule has 2 fully saturated rings. The van der Waals surface area contributed by atoms with E-state index in [-0.39, 0.29) is 6.10 Å². The van der Waals surface area contributed by atoms with Gasteiger partial charge in [0.25, 0.3) is 6.47 Å². The van der Waals surface area contributed by atoms with Crippen molar-refractivity contribution >= 4 is 6.47 Å². The predicted octanol–water partition coefficient (Wildman–Crippen LogP) is -0.362. The van der Waals surface area contributed by atoms with E-state index in [2.05, 4.69) is 5.32 Å². The number of hydrogen-bond acceptors (Lipinski definition) is 4. The maximum atomic E-state index is 10.1. The summed E-state index contributed by atoms with van der Waals surface area (Å²) in [6.07, 6.45) is 1.91. The quantitative estimate of drug-likeness (QED) is 0.556. The normalized spacial score (nSPS) is 42.0. The molecule has 0 bridgehead atoms. The molecule has 2 rings (SSSR count). The third kappa shape index (κ3) is 0.937. The molecule has 1 N–H and O–H groups in total. The van der Waals surface area contributed by atoms with Gasteiger partial charge in [0.1, 0.15) is 6.10 Å². The van der Waals surface area contributed by atoms with Crippen molar-refractivity contribution in [1.29, 1.82) is 0 Å². The van der Waals surface area contributed by atoms with Crippen LogP contribution < -0.4 is 5.32 Å². The zero-order valence-electron chi connectivity index (χ0n) is 6.21. The molecule has 2 saturated heterocycles. The average Bonchev–Trinajstić information content (AvgIpc) is 1.98. The lowest BCUT2D eigenvalue weighted by atomic mass is 9.90. The molecule has 0 spiro atoms. The summed E-state index contributed by atoms with van der Waals surface area (Å²) in [5.74, 6) is 0. The minimum absolute atomic E-state index is 0.0847. The van der Waals surface area contributed by atoms with Gasteiger partial charge in [-0.3, -0.25) is 10.1 Å². The van der Waals surface area contributed by atoms with Crippen LogP contribution in [0.25, 0.3) is 0 Å². The van der Waals surface area contributed by atoms with Crippen LogP contribution in [-0.4, -0.2) is 31.5 Å². The van der Waals surface area contributed by atoms with E-state index in [0.29, 0.717) is 6.47 Å². The summed E-state index contributed by atoms with van der Waals surface area (Å²) in [6.45, 7) is 2.08. The van der Waals surface area contributed by atoms with Crippen LogP contribution in [0.4, 0.5) is 0 Å². The van der Waals surface area contributed by atoms with Crippen molar-refractivity contribution in [2.75, 3.05) is 13.2 Å². The standard InChI is InChI=1S/C7H11NO3/c9-5-11-7-2-1-3-10-6(7)4-8-7/h5-6,8H,1-4H2. The zero-order chi connectivity index (χ0) is 7.73. The molecule has 0 amide bonds. The van der Waals surface area contributed by atoms with Crippen LogP contribution >= 0.6 is 0 Å². The summed E-state index contributed by atoms with van der Waals surface area (Å²) >= 11 is 0. The van der Waals surface area contributed by atoms with Gasteiger partial charge in [-0.05, 0) is 6.42 Å². The fraction of sp³-hybridized carbons (Fsp3) is 0.857. The number of ether oxygens (including phenoxy) is 2. The van der Waals surface area contributed by atoms with Crippen molar-refractivity contribution in [3.05, 3.63) is 0 Å². The molecule has 62 valence electrons. The highest BCUT2D eigenvalue weighted by Gasteiger charge is 2.51. The Morgan fingerprint density at radius 1 is 1.73 bits per heavy atom. The van der Waals surface area contributed by atoms with E-state index in [1.54, 1.807) is 0 Å². The lowest BCUT2D eigenvalue weighted by molar-refractivity contribution is -0.226. The molecule has 0 radical (unpaired) electrons. The summed E-state index contributed by atoms with van der Waals surface area (Å²) in [5, 5.41) is 3.08. The summed E-state index contributed by atoms with van der Waals surface area (Å²) in [5.41, 5.74) is -0.472. The molecule has 0 aromatic heterocycles. The fourth-order valence-electron chi connectivity index (χ4n) is 1.68. The van der Waals surface area contributed by atoms with Gasteiger partial charge in [-0.25, -0.2) is 0 Å². The highest BCUT2D eigenvalue weighted by molar-refractivity contribution is 5.39. The van der Waals surface area contributed by atoms with Crippen LogP contribution in [0.5, 0.6) is 0 Å². The first-order valence-corrected chi connectivity index (χ1v) is 3.85. The average molecular weight is 157 g/mol. The Kier molecular flexibility index (Phi) is 1.58. The lowest BCUT2D eigenvalue weighted by Crippen LogP contribution is -2.72. The molecule has 4 heteroatoms. The molecule has 2 aliphatic rings. The molecule has 0 aromatic rings. The molecule has 2 atom stereocenters. The summed E-state index contributed by atoms with van der Waals surface area (Å²) in [6, 6.07) is 0. The van der Waals surface area contributed by atoms with Crippen LogP contribution in [0.2, 0.25) is 0 Å². The van der Waals surface area contributed by atoms with Gasteiger partial charge in [0.05, 0.1) is 0 Å². The van der Waals surface area contributed by atoms with Crippen molar-refractivity contribution in [3.8, 4) is 0 Å². The first-order chi connectivity index (χ1) is 5.37. The molecular formula is C7H11NO3. The molecule has 0 saturated carbocycles. The highest BCUT2D eigenvalue weighted by Crippen LogP contribution is 2.32. The van der Waals surface area contributed by atoms with Crippen LogP contribution in [0.3, 0.4) is 0 Å². The fourth-order valence-corrected chi connectivity index (χ4v) is 1.68. The van der Waals surface area contributed by atoms with Gasteiger partial charge in [-0.1, -0.05) is 0 Å². The maximum absolute atomic E-state index is 10.1. The lowest BCUT2D eigenvalue weighted by Gasteiger charge is -2.50. The zero-order valence-corrected chi connectivity index (χ0v) is 6.21. The van der Waals surface area contributed by atoms with Crippen molar-refractivity contribution < 1.29 is 14.3 Å². The van der Waals surface area contributed by atoms with Crippen molar-refractivity contribution in [2.24, 2.45) is 0 Å². The number of nitrogens with one attached hydrogen (secondary N) is 1. The maximum Gasteiger partial charge on any atom is 0.294 e. The first kappa shape index (κ1) is 7.06. The first-order valence-electron chi connectivity index (χ1n) is 3.85. The summed E-state index contributed by atoms with van der Waals surface area (Å²) in [4.78, 5) is 10.1. The van der Waals surface area contributed by atoms with E-state index in [9.17, 15) is 4.79 Å². The molecule has 0 aromatic carbocycles. The van der Waals surface area contributed by atoms with E-state index < -0.39 is 5.72 Å². The van der Waals surface area contributed by atoms with Gasteiger partial charge < -0.3 is 9.47 Å². The predicted molar refractivity (Wildman–Crippen MR) is 36.9 cm³/mol. The Balaban J connectivity index is 2.03. The second-order valence-corrected chi connectivity index (χ2v) is 2.95. The molecule has 2 aliphatic heterocycles. The van der Waals surface area contributed by atoms with E-state index in [1.165, 1.54) is 0 Å². The molecular weight excluding hydrogens is 146 g/mol. The van der Waals surface area contributed by atoms with Crippen LogP contribution in [-0.2, 0) is 14.3 Å². The number of rotatable bonds is 2. The third-order valence-electron chi connectivity index (χ3n) is 2.38. The molecule has 2 heterocycles. The Hall–Kier alpha value is -0.610. The SMILES string of the molecule is O=COC12CCCOC1CN2. The Bertz CT molecular complexity index is 173. The van der Waals surface area contributed by atoms with E-state index in [4.69, 9.17) is 9.47 Å². The van der Waals surface area contributed by atoms with Gasteiger partial charge in [0, 0.05) is 19.6 Å². The number of carbonyl (C=O) groups is 1. The second kappa shape index (κ2) is 2.46. The van der Waals surface area contributed by atoms with Crippen LogP contribution in [0.1, 0.15) is 12.8 Å². The summed E-state index contributed by atoms with van der Waals surface area (Å²) < 4.78 is 10.3. The van der Waals surface area contributed by atoms with E-state index in [1.807, 2.05) is 0 Å². The second-order valence-electron chi connectivity index (χ2n) is 2.95. The minimum Gasteiger partial charge on any atom is -0.443 e. The Labute approximate surface area is 64.9 Å².